The molecule has 0 radical (unpaired) electrons. The second kappa shape index (κ2) is 10.6. The van der Waals surface area contributed by atoms with Crippen molar-refractivity contribution in [3.8, 4) is 0 Å². The van der Waals surface area contributed by atoms with Crippen LogP contribution in [-0.2, 0) is 23.1 Å². The van der Waals surface area contributed by atoms with Crippen LogP contribution < -0.4 is 3.80 Å². The topological polar surface area (TPSA) is 12.0 Å². The number of benzene rings is 2. The van der Waals surface area contributed by atoms with Crippen LogP contribution in [-0.4, -0.2) is 0 Å². The van der Waals surface area contributed by atoms with Gasteiger partial charge in [0.1, 0.15) is 0 Å². The van der Waals surface area contributed by atoms with Crippen molar-refractivity contribution < 1.29 is 19.4 Å². The van der Waals surface area contributed by atoms with E-state index in [1.807, 2.05) is 0 Å². The fourth-order valence-corrected chi connectivity index (χ4v) is 6.36. The first-order valence-electron chi connectivity index (χ1n) is 10.2. The summed E-state index contributed by atoms with van der Waals surface area (Å²) < 4.78 is 4.03. The summed E-state index contributed by atoms with van der Waals surface area (Å²) in [4.78, 5) is 0. The molecule has 1 nitrogen and oxygen atoms in total. The van der Waals surface area contributed by atoms with Crippen LogP contribution >= 0.6 is 24.8 Å². The van der Waals surface area contributed by atoms with E-state index in [1.165, 1.54) is 50.2 Å². The first-order chi connectivity index (χ1) is 13.1. The fourth-order valence-electron chi connectivity index (χ4n) is 4.51. The zero-order valence-electron chi connectivity index (χ0n) is 19.4. The zero-order valence-corrected chi connectivity index (χ0v) is 22.6. The SMILES string of the molecule is CC1=CC(C)C(c2ccccc2[C](C)(C)[Ti][NH]c2c(C)cc(C)cc2C)=C1C.Cl.Cl. The molecule has 162 valence electrons. The molecule has 1 unspecified atom stereocenters. The molecule has 0 spiro atoms. The molecule has 1 aliphatic carbocycles. The van der Waals surface area contributed by atoms with Gasteiger partial charge in [0.05, 0.1) is 0 Å². The summed E-state index contributed by atoms with van der Waals surface area (Å²) in [5.41, 5.74) is 12.7. The first kappa shape index (κ1) is 27.0. The molecule has 0 saturated carbocycles. The number of hydrogen-bond acceptors (Lipinski definition) is 1. The van der Waals surface area contributed by atoms with E-state index in [9.17, 15) is 0 Å². The number of halogens is 2. The molecule has 30 heavy (non-hydrogen) atoms. The van der Waals surface area contributed by atoms with Crippen molar-refractivity contribution in [2.24, 2.45) is 5.92 Å². The van der Waals surface area contributed by atoms with Crippen molar-refractivity contribution in [1.82, 2.24) is 0 Å². The maximum Gasteiger partial charge on any atom is -0.147 e. The summed E-state index contributed by atoms with van der Waals surface area (Å²) >= 11 is -0.447. The Balaban J connectivity index is 0.00000225. The van der Waals surface area contributed by atoms with Crippen molar-refractivity contribution in [2.75, 3.05) is 3.80 Å². The normalized spacial score (nSPS) is 15.9. The van der Waals surface area contributed by atoms with Crippen LogP contribution in [0.25, 0.3) is 5.57 Å². The number of aryl methyl sites for hydroxylation is 3. The van der Waals surface area contributed by atoms with Gasteiger partial charge in [0, 0.05) is 0 Å². The number of allylic oxidation sites excluding steroid dienone is 4. The number of anilines is 1. The number of nitrogens with one attached hydrogen (secondary N) is 1. The Morgan fingerprint density at radius 3 is 2.00 bits per heavy atom. The second-order valence-corrected chi connectivity index (χ2v) is 11.6. The average Bonchev–Trinajstić information content (AvgIpc) is 2.86. The van der Waals surface area contributed by atoms with Crippen molar-refractivity contribution in [1.29, 1.82) is 0 Å². The summed E-state index contributed by atoms with van der Waals surface area (Å²) in [7, 11) is 0. The maximum absolute atomic E-state index is 3.89. The fraction of sp³-hybridized carbons (Fsp3) is 0.385. The minimum Gasteiger partial charge on any atom is -0.147 e. The summed E-state index contributed by atoms with van der Waals surface area (Å²) in [6.45, 7) is 18.3. The molecule has 1 atom stereocenters. The zero-order chi connectivity index (χ0) is 20.6. The number of rotatable bonds is 5. The van der Waals surface area contributed by atoms with Gasteiger partial charge in [0.15, 0.2) is 0 Å². The van der Waals surface area contributed by atoms with Gasteiger partial charge < -0.3 is 0 Å². The minimum absolute atomic E-state index is 0. The van der Waals surface area contributed by atoms with E-state index >= 15 is 0 Å². The standard InChI is InChI=1S/C17H21.C9H12N.2ClH.Ti/c1-11(2)15-8-6-7-9-16(15)17-13(4)10-12(3)14(17)5;1-6-4-7(2)9(10)8(3)5-6;;;/h6-10,13H,1-5H3;4-5,10H,1-3H3;2*1H;/q;-1;;;+1. The molecular weight excluding hydrogens is 445 g/mol. The van der Waals surface area contributed by atoms with Gasteiger partial charge >= 0.3 is 181 Å². The third-order valence-corrected chi connectivity index (χ3v) is 8.00. The van der Waals surface area contributed by atoms with Gasteiger partial charge in [-0.2, -0.15) is 0 Å². The van der Waals surface area contributed by atoms with E-state index in [2.05, 4.69) is 102 Å². The third-order valence-electron chi connectivity index (χ3n) is 6.02. The van der Waals surface area contributed by atoms with Crippen LogP contribution in [0.2, 0.25) is 0 Å². The Morgan fingerprint density at radius 1 is 0.900 bits per heavy atom. The van der Waals surface area contributed by atoms with Crippen molar-refractivity contribution in [2.45, 2.75) is 59.1 Å². The summed E-state index contributed by atoms with van der Waals surface area (Å²) in [5, 5.41) is 0. The van der Waals surface area contributed by atoms with Crippen molar-refractivity contribution in [3.63, 3.8) is 0 Å². The van der Waals surface area contributed by atoms with Gasteiger partial charge in [0.2, 0.25) is 0 Å². The van der Waals surface area contributed by atoms with E-state index in [4.69, 9.17) is 0 Å². The van der Waals surface area contributed by atoms with Crippen molar-refractivity contribution >= 4 is 36.1 Å². The van der Waals surface area contributed by atoms with Crippen LogP contribution in [0.3, 0.4) is 0 Å². The van der Waals surface area contributed by atoms with E-state index in [-0.39, 0.29) is 28.5 Å². The van der Waals surface area contributed by atoms with E-state index in [0.29, 0.717) is 5.92 Å². The first-order valence-corrected chi connectivity index (χ1v) is 11.8. The molecule has 3 rings (SSSR count). The maximum atomic E-state index is 3.89. The molecule has 0 fully saturated rings. The largest absolute Gasteiger partial charge is 0.147 e. The molecule has 0 bridgehead atoms. The molecule has 0 aliphatic heterocycles. The minimum atomic E-state index is -0.447. The van der Waals surface area contributed by atoms with Crippen molar-refractivity contribution in [3.05, 3.63) is 81.4 Å². The quantitative estimate of drug-likeness (QED) is 0.426. The number of hydrogen-bond donors (Lipinski definition) is 1. The van der Waals surface area contributed by atoms with Gasteiger partial charge in [-0.15, -0.1) is 24.8 Å². The van der Waals surface area contributed by atoms with Gasteiger partial charge in [-0.25, -0.2) is 0 Å². The Labute approximate surface area is 204 Å². The van der Waals surface area contributed by atoms with Gasteiger partial charge in [0.25, 0.3) is 0 Å². The van der Waals surface area contributed by atoms with Gasteiger partial charge in [-0.3, -0.25) is 0 Å². The molecule has 0 aromatic heterocycles. The summed E-state index contributed by atoms with van der Waals surface area (Å²) in [6, 6.07) is 13.6. The van der Waals surface area contributed by atoms with E-state index in [1.54, 1.807) is 0 Å². The Hall–Kier alpha value is -0.986. The van der Waals surface area contributed by atoms with Crippen LogP contribution in [0.4, 0.5) is 5.69 Å². The summed E-state index contributed by atoms with van der Waals surface area (Å²) in [5.74, 6) is 0.492. The molecule has 0 saturated heterocycles. The molecule has 0 heterocycles. The molecule has 2 aromatic carbocycles. The molecule has 1 aliphatic rings. The third kappa shape index (κ3) is 5.43. The van der Waals surface area contributed by atoms with Crippen LogP contribution in [0.1, 0.15) is 62.4 Å². The Morgan fingerprint density at radius 2 is 1.47 bits per heavy atom. The van der Waals surface area contributed by atoms with Gasteiger partial charge in [-0.05, 0) is 0 Å². The second-order valence-electron chi connectivity index (χ2n) is 8.87. The van der Waals surface area contributed by atoms with E-state index < -0.39 is 19.4 Å². The predicted molar refractivity (Wildman–Crippen MR) is 134 cm³/mol. The molecular formula is C26H35Cl2NTi. The Bertz CT molecular complexity index is 950. The molecule has 4 heteroatoms. The smallest absolute Gasteiger partial charge is 0.147 e. The monoisotopic (exact) mass is 479 g/mol. The van der Waals surface area contributed by atoms with E-state index in [0.717, 1.165) is 0 Å². The average molecular weight is 480 g/mol. The van der Waals surface area contributed by atoms with Crippen LogP contribution in [0.15, 0.2) is 53.6 Å². The Kier molecular flexibility index (Phi) is 9.51. The summed E-state index contributed by atoms with van der Waals surface area (Å²) in [6.07, 6.45) is 2.40. The predicted octanol–water partition coefficient (Wildman–Crippen LogP) is 8.17. The van der Waals surface area contributed by atoms with Crippen LogP contribution in [0, 0.1) is 26.7 Å². The molecule has 2 aromatic rings. The molecule has 0 amide bonds. The van der Waals surface area contributed by atoms with Crippen LogP contribution in [0.5, 0.6) is 0 Å². The molecule has 1 N–H and O–H groups in total. The van der Waals surface area contributed by atoms with Gasteiger partial charge in [-0.1, -0.05) is 0 Å².